The monoisotopic (exact) mass is 539 g/mol. The maximum Gasteiger partial charge on any atom is 0.387 e. The van der Waals surface area contributed by atoms with Crippen molar-refractivity contribution in [1.82, 2.24) is 10.6 Å². The molecule has 0 aliphatic carbocycles. The van der Waals surface area contributed by atoms with Crippen molar-refractivity contribution >= 4 is 29.9 Å². The maximum atomic E-state index is 12.9. The zero-order chi connectivity index (χ0) is 21.2. The van der Waals surface area contributed by atoms with Gasteiger partial charge in [-0.1, -0.05) is 6.07 Å². The minimum Gasteiger partial charge on any atom is -0.493 e. The van der Waals surface area contributed by atoms with E-state index in [4.69, 9.17) is 9.47 Å². The van der Waals surface area contributed by atoms with E-state index in [9.17, 15) is 13.2 Å². The lowest BCUT2D eigenvalue weighted by Gasteiger charge is -2.18. The van der Waals surface area contributed by atoms with Gasteiger partial charge in [-0.15, -0.1) is 24.0 Å². The molecule has 0 amide bonds. The van der Waals surface area contributed by atoms with E-state index in [2.05, 4.69) is 20.4 Å². The number of methoxy groups -OCH3 is 1. The first-order valence-corrected chi connectivity index (χ1v) is 8.89. The molecule has 166 valence electrons. The average Bonchev–Trinajstić information content (AvgIpc) is 2.69. The number of ether oxygens (including phenoxy) is 3. The fraction of sp³-hybridized carbons (Fsp3) is 0.350. The Morgan fingerprint density at radius 2 is 1.73 bits per heavy atom. The van der Waals surface area contributed by atoms with Gasteiger partial charge < -0.3 is 24.8 Å². The minimum atomic E-state index is -2.94. The van der Waals surface area contributed by atoms with Gasteiger partial charge in [-0.3, -0.25) is 4.99 Å². The fourth-order valence-corrected chi connectivity index (χ4v) is 2.45. The molecule has 2 aromatic rings. The summed E-state index contributed by atoms with van der Waals surface area (Å²) in [7, 11) is 2.99. The van der Waals surface area contributed by atoms with Gasteiger partial charge in [0.05, 0.1) is 13.7 Å². The van der Waals surface area contributed by atoms with Gasteiger partial charge in [0.25, 0.3) is 0 Å². The SMILES string of the molecule is CN=C(NCc1ccc(OC)c(OC(F)F)c1)NCC(C)Oc1ccc(F)cc1.I. The number of alkyl halides is 2. The molecule has 0 radical (unpaired) electrons. The number of aliphatic imine (C=N–C) groups is 1. The van der Waals surface area contributed by atoms with Gasteiger partial charge in [0.15, 0.2) is 17.5 Å². The van der Waals surface area contributed by atoms with E-state index in [-0.39, 0.29) is 47.4 Å². The van der Waals surface area contributed by atoms with Crippen molar-refractivity contribution in [2.24, 2.45) is 4.99 Å². The summed E-state index contributed by atoms with van der Waals surface area (Å²) in [6.45, 7) is -0.305. The number of nitrogens with zero attached hydrogens (tertiary/aromatic N) is 1. The molecular weight excluding hydrogens is 514 g/mol. The van der Waals surface area contributed by atoms with Gasteiger partial charge in [-0.2, -0.15) is 8.78 Å². The highest BCUT2D eigenvalue weighted by atomic mass is 127. The van der Waals surface area contributed by atoms with Crippen LogP contribution in [0.25, 0.3) is 0 Å². The molecule has 0 spiro atoms. The van der Waals surface area contributed by atoms with E-state index in [1.54, 1.807) is 31.3 Å². The van der Waals surface area contributed by atoms with Crippen LogP contribution in [0, 0.1) is 5.82 Å². The molecule has 2 aromatic carbocycles. The average molecular weight is 539 g/mol. The molecule has 0 bridgehead atoms. The minimum absolute atomic E-state index is 0. The summed E-state index contributed by atoms with van der Waals surface area (Å²) >= 11 is 0. The molecule has 0 heterocycles. The molecule has 30 heavy (non-hydrogen) atoms. The van der Waals surface area contributed by atoms with Crippen LogP contribution in [0.4, 0.5) is 13.2 Å². The third-order valence-corrected chi connectivity index (χ3v) is 3.84. The van der Waals surface area contributed by atoms with Crippen LogP contribution in [0.15, 0.2) is 47.5 Å². The number of guanidine groups is 1. The standard InChI is InChI=1S/C20H24F3N3O3.HI/c1-13(28-16-7-5-15(21)6-8-16)11-25-20(24-2)26-12-14-4-9-17(27-3)18(10-14)29-19(22)23;/h4-10,13,19H,11-12H2,1-3H3,(H2,24,25,26);1H. The highest BCUT2D eigenvalue weighted by Crippen LogP contribution is 2.29. The molecule has 0 saturated heterocycles. The summed E-state index contributed by atoms with van der Waals surface area (Å²) in [5, 5.41) is 6.18. The molecule has 0 aromatic heterocycles. The molecule has 0 saturated carbocycles. The van der Waals surface area contributed by atoms with Crippen molar-refractivity contribution in [3.8, 4) is 17.2 Å². The molecule has 0 aliphatic rings. The molecule has 1 atom stereocenters. The Morgan fingerprint density at radius 1 is 1.03 bits per heavy atom. The van der Waals surface area contributed by atoms with E-state index in [0.29, 0.717) is 30.4 Å². The van der Waals surface area contributed by atoms with Gasteiger partial charge in [0.2, 0.25) is 0 Å². The Bertz CT molecular complexity index is 808. The normalized spacial score (nSPS) is 12.0. The van der Waals surface area contributed by atoms with Gasteiger partial charge in [-0.05, 0) is 48.9 Å². The van der Waals surface area contributed by atoms with Crippen molar-refractivity contribution in [3.63, 3.8) is 0 Å². The largest absolute Gasteiger partial charge is 0.493 e. The van der Waals surface area contributed by atoms with Crippen LogP contribution in [0.5, 0.6) is 17.2 Å². The third-order valence-electron chi connectivity index (χ3n) is 3.84. The lowest BCUT2D eigenvalue weighted by atomic mass is 10.2. The van der Waals surface area contributed by atoms with E-state index in [1.165, 1.54) is 25.3 Å². The van der Waals surface area contributed by atoms with E-state index in [0.717, 1.165) is 0 Å². The van der Waals surface area contributed by atoms with Crippen molar-refractivity contribution in [1.29, 1.82) is 0 Å². The Morgan fingerprint density at radius 3 is 2.33 bits per heavy atom. The van der Waals surface area contributed by atoms with Crippen LogP contribution in [-0.2, 0) is 6.54 Å². The molecule has 0 aliphatic heterocycles. The first kappa shape index (κ1) is 25.7. The van der Waals surface area contributed by atoms with E-state index < -0.39 is 6.61 Å². The third kappa shape index (κ3) is 8.56. The summed E-state index contributed by atoms with van der Waals surface area (Å²) in [5.41, 5.74) is 0.708. The second kappa shape index (κ2) is 13.0. The second-order valence-electron chi connectivity index (χ2n) is 6.05. The maximum absolute atomic E-state index is 12.9. The summed E-state index contributed by atoms with van der Waals surface area (Å²) in [6.07, 6.45) is -0.203. The number of benzene rings is 2. The summed E-state index contributed by atoms with van der Waals surface area (Å²) in [6, 6.07) is 10.5. The lowest BCUT2D eigenvalue weighted by molar-refractivity contribution is -0.0512. The Balaban J connectivity index is 0.00000450. The molecule has 10 heteroatoms. The van der Waals surface area contributed by atoms with Crippen molar-refractivity contribution in [2.75, 3.05) is 20.7 Å². The van der Waals surface area contributed by atoms with Gasteiger partial charge in [0.1, 0.15) is 17.7 Å². The first-order chi connectivity index (χ1) is 13.9. The first-order valence-electron chi connectivity index (χ1n) is 8.89. The van der Waals surface area contributed by atoms with Gasteiger partial charge >= 0.3 is 6.61 Å². The summed E-state index contributed by atoms with van der Waals surface area (Å²) in [5.74, 6) is 0.933. The molecule has 1 unspecified atom stereocenters. The van der Waals surface area contributed by atoms with Gasteiger partial charge in [-0.25, -0.2) is 4.39 Å². The van der Waals surface area contributed by atoms with Crippen molar-refractivity contribution in [3.05, 3.63) is 53.8 Å². The number of halogens is 4. The second-order valence-corrected chi connectivity index (χ2v) is 6.05. The van der Waals surface area contributed by atoms with Crippen LogP contribution >= 0.6 is 24.0 Å². The predicted octanol–water partition coefficient (Wildman–Crippen LogP) is 4.19. The number of rotatable bonds is 9. The van der Waals surface area contributed by atoms with Crippen LogP contribution in [0.1, 0.15) is 12.5 Å². The Hall–Kier alpha value is -2.37. The molecular formula is C20H25F3IN3O3. The predicted molar refractivity (Wildman–Crippen MR) is 120 cm³/mol. The highest BCUT2D eigenvalue weighted by Gasteiger charge is 2.12. The molecule has 2 N–H and O–H groups in total. The quantitative estimate of drug-likeness (QED) is 0.285. The fourth-order valence-electron chi connectivity index (χ4n) is 2.45. The zero-order valence-electron chi connectivity index (χ0n) is 16.8. The number of nitrogens with one attached hydrogen (secondary N) is 2. The smallest absolute Gasteiger partial charge is 0.387 e. The number of hydrogen-bond donors (Lipinski definition) is 2. The molecule has 0 fully saturated rings. The Kier molecular flexibility index (Phi) is 11.2. The van der Waals surface area contributed by atoms with Crippen molar-refractivity contribution < 1.29 is 27.4 Å². The summed E-state index contributed by atoms with van der Waals surface area (Å²) < 4.78 is 53.2. The van der Waals surface area contributed by atoms with Crippen LogP contribution < -0.4 is 24.8 Å². The Labute approximate surface area is 190 Å². The van der Waals surface area contributed by atoms with Crippen LogP contribution in [0.2, 0.25) is 0 Å². The van der Waals surface area contributed by atoms with Crippen molar-refractivity contribution in [2.45, 2.75) is 26.2 Å². The van der Waals surface area contributed by atoms with Gasteiger partial charge in [0, 0.05) is 13.6 Å². The lowest BCUT2D eigenvalue weighted by Crippen LogP contribution is -2.41. The topological polar surface area (TPSA) is 64.1 Å². The van der Waals surface area contributed by atoms with E-state index in [1.807, 2.05) is 6.92 Å². The van der Waals surface area contributed by atoms with Crippen LogP contribution in [-0.4, -0.2) is 39.4 Å². The number of hydrogen-bond acceptors (Lipinski definition) is 4. The summed E-state index contributed by atoms with van der Waals surface area (Å²) in [4.78, 5) is 4.11. The highest BCUT2D eigenvalue weighted by molar-refractivity contribution is 14.0. The molecule has 6 nitrogen and oxygen atoms in total. The van der Waals surface area contributed by atoms with Crippen LogP contribution in [0.3, 0.4) is 0 Å². The zero-order valence-corrected chi connectivity index (χ0v) is 19.2. The molecule has 2 rings (SSSR count). The van der Waals surface area contributed by atoms with E-state index >= 15 is 0 Å².